The zero-order valence-electron chi connectivity index (χ0n) is 10.5. The van der Waals surface area contributed by atoms with Crippen molar-refractivity contribution in [2.45, 2.75) is 47.0 Å². The number of rotatable bonds is 7. The second-order valence-electron chi connectivity index (χ2n) is 5.10. The van der Waals surface area contributed by atoms with Crippen LogP contribution in [-0.4, -0.2) is 24.2 Å². The number of aliphatic hydroxyl groups excluding tert-OH is 1. The number of unbranched alkanes of at least 4 members (excludes halogenated alkanes) is 1. The highest BCUT2D eigenvalue weighted by Crippen LogP contribution is 2.24. The summed E-state index contributed by atoms with van der Waals surface area (Å²) in [5.41, 5.74) is 0.145. The van der Waals surface area contributed by atoms with Crippen molar-refractivity contribution in [2.24, 2.45) is 11.3 Å². The van der Waals surface area contributed by atoms with Gasteiger partial charge in [-0.25, -0.2) is 0 Å². The third-order valence-electron chi connectivity index (χ3n) is 3.12. The van der Waals surface area contributed by atoms with Crippen molar-refractivity contribution in [3.8, 4) is 0 Å². The molecule has 3 heteroatoms. The SMILES string of the molecule is CC(C)C(C)(C)CNC(=O)CCCCO. The monoisotopic (exact) mass is 215 g/mol. The predicted molar refractivity (Wildman–Crippen MR) is 62.6 cm³/mol. The van der Waals surface area contributed by atoms with Crippen molar-refractivity contribution < 1.29 is 9.90 Å². The number of hydrogen-bond acceptors (Lipinski definition) is 2. The Morgan fingerprint density at radius 1 is 1.33 bits per heavy atom. The summed E-state index contributed by atoms with van der Waals surface area (Å²) >= 11 is 0. The highest BCUT2D eigenvalue weighted by atomic mass is 16.2. The molecule has 0 radical (unpaired) electrons. The molecule has 2 N–H and O–H groups in total. The Morgan fingerprint density at radius 2 is 1.93 bits per heavy atom. The van der Waals surface area contributed by atoms with E-state index < -0.39 is 0 Å². The van der Waals surface area contributed by atoms with E-state index in [4.69, 9.17) is 5.11 Å². The van der Waals surface area contributed by atoms with Crippen molar-refractivity contribution in [2.75, 3.05) is 13.2 Å². The van der Waals surface area contributed by atoms with Gasteiger partial charge in [-0.2, -0.15) is 0 Å². The molecule has 15 heavy (non-hydrogen) atoms. The van der Waals surface area contributed by atoms with Crippen LogP contribution in [0.3, 0.4) is 0 Å². The lowest BCUT2D eigenvalue weighted by atomic mass is 9.81. The number of amides is 1. The molecule has 0 saturated heterocycles. The van der Waals surface area contributed by atoms with Gasteiger partial charge in [0.15, 0.2) is 0 Å². The van der Waals surface area contributed by atoms with E-state index in [1.807, 2.05) is 0 Å². The molecule has 0 unspecified atom stereocenters. The summed E-state index contributed by atoms with van der Waals surface area (Å²) in [6.45, 7) is 9.54. The Hall–Kier alpha value is -0.570. The lowest BCUT2D eigenvalue weighted by Gasteiger charge is -2.29. The molecule has 0 aliphatic carbocycles. The molecule has 0 aromatic rings. The fourth-order valence-electron chi connectivity index (χ4n) is 1.02. The minimum Gasteiger partial charge on any atom is -0.396 e. The van der Waals surface area contributed by atoms with E-state index in [1.54, 1.807) is 0 Å². The summed E-state index contributed by atoms with van der Waals surface area (Å²) < 4.78 is 0. The molecule has 0 aliphatic heterocycles. The summed E-state index contributed by atoms with van der Waals surface area (Å²) in [4.78, 5) is 11.4. The van der Waals surface area contributed by atoms with E-state index in [0.717, 1.165) is 13.0 Å². The van der Waals surface area contributed by atoms with Gasteiger partial charge in [0.2, 0.25) is 5.91 Å². The number of carbonyl (C=O) groups is 1. The Balaban J connectivity index is 3.71. The van der Waals surface area contributed by atoms with E-state index in [1.165, 1.54) is 0 Å². The largest absolute Gasteiger partial charge is 0.396 e. The molecule has 3 nitrogen and oxygen atoms in total. The molecule has 0 atom stereocenters. The van der Waals surface area contributed by atoms with Crippen molar-refractivity contribution in [1.29, 1.82) is 0 Å². The van der Waals surface area contributed by atoms with E-state index in [2.05, 4.69) is 33.0 Å². The van der Waals surface area contributed by atoms with Crippen molar-refractivity contribution in [3.05, 3.63) is 0 Å². The van der Waals surface area contributed by atoms with Gasteiger partial charge >= 0.3 is 0 Å². The van der Waals surface area contributed by atoms with Crippen LogP contribution in [0.2, 0.25) is 0 Å². The van der Waals surface area contributed by atoms with Gasteiger partial charge in [-0.15, -0.1) is 0 Å². The third kappa shape index (κ3) is 6.50. The average Bonchev–Trinajstić information content (AvgIpc) is 2.15. The van der Waals surface area contributed by atoms with Crippen LogP contribution in [0.4, 0.5) is 0 Å². The van der Waals surface area contributed by atoms with Crippen LogP contribution in [0.5, 0.6) is 0 Å². The van der Waals surface area contributed by atoms with E-state index in [0.29, 0.717) is 18.8 Å². The molecule has 0 spiro atoms. The molecule has 90 valence electrons. The van der Waals surface area contributed by atoms with Gasteiger partial charge in [0, 0.05) is 19.6 Å². The zero-order chi connectivity index (χ0) is 11.9. The van der Waals surface area contributed by atoms with Crippen LogP contribution < -0.4 is 5.32 Å². The average molecular weight is 215 g/mol. The molecule has 0 saturated carbocycles. The Labute approximate surface area is 93.3 Å². The maximum Gasteiger partial charge on any atom is 0.220 e. The van der Waals surface area contributed by atoms with Crippen LogP contribution in [0, 0.1) is 11.3 Å². The Bertz CT molecular complexity index is 188. The molecule has 0 aromatic carbocycles. The highest BCUT2D eigenvalue weighted by molar-refractivity contribution is 5.75. The fraction of sp³-hybridized carbons (Fsp3) is 0.917. The Kier molecular flexibility index (Phi) is 6.57. The molecular weight excluding hydrogens is 190 g/mol. The summed E-state index contributed by atoms with van der Waals surface area (Å²) in [6.07, 6.45) is 2.00. The molecule has 0 fully saturated rings. The van der Waals surface area contributed by atoms with Gasteiger partial charge in [0.25, 0.3) is 0 Å². The zero-order valence-corrected chi connectivity index (χ0v) is 10.5. The number of aliphatic hydroxyl groups is 1. The first-order valence-corrected chi connectivity index (χ1v) is 5.77. The van der Waals surface area contributed by atoms with E-state index in [9.17, 15) is 4.79 Å². The van der Waals surface area contributed by atoms with Crippen molar-refractivity contribution >= 4 is 5.91 Å². The summed E-state index contributed by atoms with van der Waals surface area (Å²) in [7, 11) is 0. The Morgan fingerprint density at radius 3 is 2.40 bits per heavy atom. The van der Waals surface area contributed by atoms with Gasteiger partial charge in [-0.3, -0.25) is 4.79 Å². The summed E-state index contributed by atoms with van der Waals surface area (Å²) in [5, 5.41) is 11.5. The number of carbonyl (C=O) groups excluding carboxylic acids is 1. The maximum atomic E-state index is 11.4. The second kappa shape index (κ2) is 6.83. The van der Waals surface area contributed by atoms with Gasteiger partial charge < -0.3 is 10.4 Å². The lowest BCUT2D eigenvalue weighted by Crippen LogP contribution is -2.36. The minimum absolute atomic E-state index is 0.0946. The molecule has 0 heterocycles. The van der Waals surface area contributed by atoms with E-state index in [-0.39, 0.29) is 17.9 Å². The molecule has 1 amide bonds. The van der Waals surface area contributed by atoms with Crippen molar-refractivity contribution in [3.63, 3.8) is 0 Å². The van der Waals surface area contributed by atoms with Crippen LogP contribution in [0.1, 0.15) is 47.0 Å². The quantitative estimate of drug-likeness (QED) is 0.638. The van der Waals surface area contributed by atoms with Crippen molar-refractivity contribution in [1.82, 2.24) is 5.32 Å². The van der Waals surface area contributed by atoms with Crippen LogP contribution in [0.15, 0.2) is 0 Å². The molecule has 0 aliphatic rings. The summed E-state index contributed by atoms with van der Waals surface area (Å²) in [6, 6.07) is 0. The first kappa shape index (κ1) is 14.4. The number of hydrogen-bond donors (Lipinski definition) is 2. The third-order valence-corrected chi connectivity index (χ3v) is 3.12. The topological polar surface area (TPSA) is 49.3 Å². The standard InChI is InChI=1S/C12H25NO2/c1-10(2)12(3,4)9-13-11(15)7-5-6-8-14/h10,14H,5-9H2,1-4H3,(H,13,15). The lowest BCUT2D eigenvalue weighted by molar-refractivity contribution is -0.121. The van der Waals surface area contributed by atoms with Gasteiger partial charge in [0.1, 0.15) is 0 Å². The predicted octanol–water partition coefficient (Wildman–Crippen LogP) is 1.95. The highest BCUT2D eigenvalue weighted by Gasteiger charge is 2.22. The first-order chi connectivity index (χ1) is 6.90. The molecule has 0 aromatic heterocycles. The van der Waals surface area contributed by atoms with E-state index >= 15 is 0 Å². The fourth-order valence-corrected chi connectivity index (χ4v) is 1.02. The molecule has 0 rings (SSSR count). The smallest absolute Gasteiger partial charge is 0.220 e. The molecular formula is C12H25NO2. The van der Waals surface area contributed by atoms with Crippen LogP contribution >= 0.6 is 0 Å². The normalized spacial score (nSPS) is 11.9. The first-order valence-electron chi connectivity index (χ1n) is 5.77. The van der Waals surface area contributed by atoms with Gasteiger partial charge in [-0.1, -0.05) is 27.7 Å². The summed E-state index contributed by atoms with van der Waals surface area (Å²) in [5.74, 6) is 0.646. The minimum atomic E-state index is 0.0946. The molecule has 0 bridgehead atoms. The maximum absolute atomic E-state index is 11.4. The van der Waals surface area contributed by atoms with Gasteiger partial charge in [0.05, 0.1) is 0 Å². The van der Waals surface area contributed by atoms with Gasteiger partial charge in [-0.05, 0) is 24.2 Å². The van der Waals surface area contributed by atoms with Crippen LogP contribution in [0.25, 0.3) is 0 Å². The second-order valence-corrected chi connectivity index (χ2v) is 5.10. The van der Waals surface area contributed by atoms with Crippen LogP contribution in [-0.2, 0) is 4.79 Å². The number of nitrogens with one attached hydrogen (secondary N) is 1.